The summed E-state index contributed by atoms with van der Waals surface area (Å²) in [5, 5.41) is 7.67. The third kappa shape index (κ3) is 3.95. The number of nitrogens with zero attached hydrogens (tertiary/aromatic N) is 5. The SMILES string of the molecule is Cc1nc(C)n(CCCNc2cc([C@@H]3CCOC3)nc(N)n2)n1. The maximum absolute atomic E-state index is 5.82. The summed E-state index contributed by atoms with van der Waals surface area (Å²) < 4.78 is 7.34. The Labute approximate surface area is 135 Å². The quantitative estimate of drug-likeness (QED) is 0.773. The molecule has 1 aliphatic rings. The highest BCUT2D eigenvalue weighted by Crippen LogP contribution is 2.25. The topological polar surface area (TPSA) is 104 Å². The minimum atomic E-state index is 0.305. The van der Waals surface area contributed by atoms with Gasteiger partial charge in [0.2, 0.25) is 5.95 Å². The zero-order chi connectivity index (χ0) is 16.2. The van der Waals surface area contributed by atoms with Crippen LogP contribution in [0.2, 0.25) is 0 Å². The normalized spacial score (nSPS) is 17.6. The summed E-state index contributed by atoms with van der Waals surface area (Å²) in [5.41, 5.74) is 6.78. The van der Waals surface area contributed by atoms with Crippen LogP contribution in [0.4, 0.5) is 11.8 Å². The smallest absolute Gasteiger partial charge is 0.222 e. The first-order valence-corrected chi connectivity index (χ1v) is 7.96. The fourth-order valence-corrected chi connectivity index (χ4v) is 2.77. The molecule has 2 aromatic rings. The Morgan fingerprint density at radius 2 is 2.22 bits per heavy atom. The summed E-state index contributed by atoms with van der Waals surface area (Å²) in [6.45, 7) is 6.97. The summed E-state index contributed by atoms with van der Waals surface area (Å²) >= 11 is 0. The molecule has 8 heteroatoms. The lowest BCUT2D eigenvalue weighted by Gasteiger charge is -2.11. The Bertz CT molecular complexity index is 664. The van der Waals surface area contributed by atoms with Gasteiger partial charge in [-0.1, -0.05) is 0 Å². The summed E-state index contributed by atoms with van der Waals surface area (Å²) in [6.07, 6.45) is 1.91. The van der Waals surface area contributed by atoms with Gasteiger partial charge in [0.1, 0.15) is 17.5 Å². The van der Waals surface area contributed by atoms with Crippen molar-refractivity contribution < 1.29 is 4.74 Å². The molecule has 3 rings (SSSR count). The second kappa shape index (κ2) is 6.91. The van der Waals surface area contributed by atoms with Gasteiger partial charge in [-0.25, -0.2) is 9.97 Å². The van der Waals surface area contributed by atoms with Gasteiger partial charge in [-0.2, -0.15) is 10.1 Å². The summed E-state index contributed by atoms with van der Waals surface area (Å²) in [4.78, 5) is 12.9. The summed E-state index contributed by atoms with van der Waals surface area (Å²) in [5.74, 6) is 3.15. The van der Waals surface area contributed by atoms with Crippen LogP contribution in [0.5, 0.6) is 0 Å². The number of hydrogen-bond acceptors (Lipinski definition) is 7. The first-order valence-electron chi connectivity index (χ1n) is 7.96. The van der Waals surface area contributed by atoms with E-state index in [0.29, 0.717) is 18.5 Å². The maximum atomic E-state index is 5.82. The fourth-order valence-electron chi connectivity index (χ4n) is 2.77. The van der Waals surface area contributed by atoms with Gasteiger partial charge in [-0.15, -0.1) is 0 Å². The van der Waals surface area contributed by atoms with Crippen molar-refractivity contribution in [1.29, 1.82) is 0 Å². The summed E-state index contributed by atoms with van der Waals surface area (Å²) in [7, 11) is 0. The van der Waals surface area contributed by atoms with Crippen molar-refractivity contribution >= 4 is 11.8 Å². The minimum absolute atomic E-state index is 0.305. The number of nitrogen functional groups attached to an aromatic ring is 1. The number of aromatic nitrogens is 5. The molecule has 0 amide bonds. The lowest BCUT2D eigenvalue weighted by molar-refractivity contribution is 0.193. The molecular weight excluding hydrogens is 294 g/mol. The second-order valence-corrected chi connectivity index (χ2v) is 5.81. The molecule has 0 radical (unpaired) electrons. The van der Waals surface area contributed by atoms with Crippen LogP contribution in [-0.4, -0.2) is 44.5 Å². The molecule has 124 valence electrons. The molecule has 0 spiro atoms. The molecule has 1 fully saturated rings. The van der Waals surface area contributed by atoms with Crippen LogP contribution in [0.1, 0.15) is 36.1 Å². The van der Waals surface area contributed by atoms with Crippen LogP contribution in [-0.2, 0) is 11.3 Å². The van der Waals surface area contributed by atoms with Crippen molar-refractivity contribution in [3.8, 4) is 0 Å². The molecule has 23 heavy (non-hydrogen) atoms. The molecule has 0 unspecified atom stereocenters. The van der Waals surface area contributed by atoms with Crippen molar-refractivity contribution in [2.75, 3.05) is 30.8 Å². The highest BCUT2D eigenvalue weighted by Gasteiger charge is 2.20. The zero-order valence-corrected chi connectivity index (χ0v) is 13.6. The third-order valence-electron chi connectivity index (χ3n) is 3.93. The molecule has 0 aromatic carbocycles. The van der Waals surface area contributed by atoms with Gasteiger partial charge >= 0.3 is 0 Å². The van der Waals surface area contributed by atoms with E-state index in [1.165, 1.54) is 0 Å². The van der Waals surface area contributed by atoms with Crippen molar-refractivity contribution in [2.45, 2.75) is 39.2 Å². The average Bonchev–Trinajstić information content (AvgIpc) is 3.13. The van der Waals surface area contributed by atoms with Gasteiger partial charge in [-0.05, 0) is 26.7 Å². The van der Waals surface area contributed by atoms with Crippen LogP contribution in [0.25, 0.3) is 0 Å². The maximum Gasteiger partial charge on any atom is 0.222 e. The Morgan fingerprint density at radius 1 is 1.35 bits per heavy atom. The second-order valence-electron chi connectivity index (χ2n) is 5.81. The number of nitrogens with one attached hydrogen (secondary N) is 1. The van der Waals surface area contributed by atoms with Crippen LogP contribution in [0, 0.1) is 13.8 Å². The van der Waals surface area contributed by atoms with Gasteiger partial charge in [0, 0.05) is 31.7 Å². The molecular formula is C15H23N7O. The average molecular weight is 317 g/mol. The Hall–Kier alpha value is -2.22. The molecule has 1 aliphatic heterocycles. The predicted molar refractivity (Wildman–Crippen MR) is 87.2 cm³/mol. The lowest BCUT2D eigenvalue weighted by Crippen LogP contribution is -2.12. The van der Waals surface area contributed by atoms with E-state index in [1.54, 1.807) is 0 Å². The highest BCUT2D eigenvalue weighted by molar-refractivity contribution is 5.41. The summed E-state index contributed by atoms with van der Waals surface area (Å²) in [6, 6.07) is 1.97. The van der Waals surface area contributed by atoms with Crippen LogP contribution >= 0.6 is 0 Å². The van der Waals surface area contributed by atoms with Crippen LogP contribution in [0.3, 0.4) is 0 Å². The number of nitrogens with two attached hydrogens (primary N) is 1. The number of rotatable bonds is 6. The molecule has 1 atom stereocenters. The number of ether oxygens (including phenoxy) is 1. The molecule has 0 saturated carbocycles. The van der Waals surface area contributed by atoms with Crippen molar-refractivity contribution in [3.63, 3.8) is 0 Å². The van der Waals surface area contributed by atoms with E-state index in [9.17, 15) is 0 Å². The molecule has 0 aliphatic carbocycles. The monoisotopic (exact) mass is 317 g/mol. The Balaban J connectivity index is 1.54. The molecule has 0 bridgehead atoms. The highest BCUT2D eigenvalue weighted by atomic mass is 16.5. The zero-order valence-electron chi connectivity index (χ0n) is 13.6. The van der Waals surface area contributed by atoms with E-state index in [0.717, 1.165) is 55.7 Å². The number of aryl methyl sites for hydroxylation is 3. The van der Waals surface area contributed by atoms with Crippen LogP contribution < -0.4 is 11.1 Å². The standard InChI is InChI=1S/C15H23N7O/c1-10-18-11(2)22(21-10)6-3-5-17-14-8-13(19-15(16)20-14)12-4-7-23-9-12/h8,12H,3-7,9H2,1-2H3,(H3,16,17,19,20)/t12-/m1/s1. The van der Waals surface area contributed by atoms with E-state index < -0.39 is 0 Å². The van der Waals surface area contributed by atoms with E-state index >= 15 is 0 Å². The molecule has 3 heterocycles. The van der Waals surface area contributed by atoms with E-state index in [-0.39, 0.29) is 0 Å². The van der Waals surface area contributed by atoms with Gasteiger partial charge in [0.25, 0.3) is 0 Å². The first-order chi connectivity index (χ1) is 11.1. The van der Waals surface area contributed by atoms with E-state index in [4.69, 9.17) is 10.5 Å². The van der Waals surface area contributed by atoms with Crippen LogP contribution in [0.15, 0.2) is 6.07 Å². The van der Waals surface area contributed by atoms with Crippen molar-refractivity contribution in [2.24, 2.45) is 0 Å². The molecule has 2 aromatic heterocycles. The Kier molecular flexibility index (Phi) is 4.71. The van der Waals surface area contributed by atoms with Gasteiger partial charge in [0.15, 0.2) is 0 Å². The third-order valence-corrected chi connectivity index (χ3v) is 3.93. The van der Waals surface area contributed by atoms with E-state index in [2.05, 4.69) is 25.4 Å². The minimum Gasteiger partial charge on any atom is -0.381 e. The Morgan fingerprint density at radius 3 is 2.91 bits per heavy atom. The largest absolute Gasteiger partial charge is 0.381 e. The van der Waals surface area contributed by atoms with E-state index in [1.807, 2.05) is 24.6 Å². The number of hydrogen-bond donors (Lipinski definition) is 2. The number of anilines is 2. The van der Waals surface area contributed by atoms with Gasteiger partial charge in [-0.3, -0.25) is 4.68 Å². The molecule has 8 nitrogen and oxygen atoms in total. The first kappa shape index (κ1) is 15.7. The molecule has 1 saturated heterocycles. The van der Waals surface area contributed by atoms with Crippen molar-refractivity contribution in [3.05, 3.63) is 23.4 Å². The fraction of sp³-hybridized carbons (Fsp3) is 0.600. The predicted octanol–water partition coefficient (Wildman–Crippen LogP) is 1.27. The van der Waals surface area contributed by atoms with Gasteiger partial charge < -0.3 is 15.8 Å². The van der Waals surface area contributed by atoms with Gasteiger partial charge in [0.05, 0.1) is 12.3 Å². The lowest BCUT2D eigenvalue weighted by atomic mass is 10.0. The van der Waals surface area contributed by atoms with Crippen molar-refractivity contribution in [1.82, 2.24) is 24.7 Å². The molecule has 3 N–H and O–H groups in total.